The molecule has 10 nitrogen and oxygen atoms in total. The molecule has 1 N–H and O–H groups in total. The van der Waals surface area contributed by atoms with E-state index < -0.39 is 23.3 Å². The molecule has 0 spiro atoms. The van der Waals surface area contributed by atoms with Gasteiger partial charge >= 0.3 is 6.18 Å². The van der Waals surface area contributed by atoms with Gasteiger partial charge in [-0.05, 0) is 36.4 Å². The molecule has 0 aliphatic heterocycles. The van der Waals surface area contributed by atoms with Crippen molar-refractivity contribution in [1.82, 2.24) is 4.98 Å². The number of pyridine rings is 1. The van der Waals surface area contributed by atoms with Crippen LogP contribution in [-0.4, -0.2) is 64.1 Å². The number of benzene rings is 4. The summed E-state index contributed by atoms with van der Waals surface area (Å²) < 4.78 is 79.4. The Labute approximate surface area is 306 Å². The number of para-hydroxylation sites is 1. The zero-order valence-corrected chi connectivity index (χ0v) is 30.0. The highest BCUT2D eigenvalue weighted by Crippen LogP contribution is 2.44. The lowest BCUT2D eigenvalue weighted by molar-refractivity contribution is -0.137. The molecule has 0 amide bonds. The number of methoxy groups -OCH3 is 5. The Balaban J connectivity index is 1.33. The van der Waals surface area contributed by atoms with Crippen LogP contribution in [0.5, 0.6) is 34.5 Å². The fourth-order valence-corrected chi connectivity index (χ4v) is 6.70. The van der Waals surface area contributed by atoms with Crippen LogP contribution in [0, 0.1) is 0 Å². The van der Waals surface area contributed by atoms with E-state index in [0.717, 1.165) is 22.4 Å². The third-order valence-electron chi connectivity index (χ3n) is 8.31. The first-order chi connectivity index (χ1) is 25.5. The SMILES string of the molecule is COc1cc(OC)c2c(=O)c(OCC(O)CSc3cc(-c4ccc(C(F)(F)F)cc4)nc4ccccc34)c(-c3cc(OC)c(OC)c(OC)c3)oc2c1. The molecule has 0 aliphatic carbocycles. The van der Waals surface area contributed by atoms with Crippen LogP contribution in [0.1, 0.15) is 5.56 Å². The number of hydrogen-bond acceptors (Lipinski definition) is 11. The average molecular weight is 750 g/mol. The summed E-state index contributed by atoms with van der Waals surface area (Å²) in [6.45, 7) is -0.312. The predicted octanol–water partition coefficient (Wildman–Crippen LogP) is 8.27. The van der Waals surface area contributed by atoms with Gasteiger partial charge in [-0.3, -0.25) is 4.79 Å². The standard InChI is InChI=1S/C39H34F3NO9S/c1-46-25-16-29(47-2)34-30(17-25)52-36(22-14-31(48-3)37(50-5)32(15-22)49-4)38(35(34)45)51-19-24(44)20-53-33-18-28(43-27-9-7-6-8-26(27)33)21-10-12-23(13-11-21)39(40,41)42/h6-18,24,44H,19-20H2,1-5H3. The summed E-state index contributed by atoms with van der Waals surface area (Å²) in [5.41, 5.74) is 0.810. The van der Waals surface area contributed by atoms with Crippen molar-refractivity contribution in [2.24, 2.45) is 0 Å². The van der Waals surface area contributed by atoms with Crippen LogP contribution < -0.4 is 33.8 Å². The van der Waals surface area contributed by atoms with Crippen molar-refractivity contribution in [2.45, 2.75) is 17.2 Å². The average Bonchev–Trinajstić information content (AvgIpc) is 3.17. The number of nitrogens with zero attached hydrogens (tertiary/aromatic N) is 1. The zero-order valence-electron chi connectivity index (χ0n) is 29.2. The molecule has 2 aromatic heterocycles. The summed E-state index contributed by atoms with van der Waals surface area (Å²) in [6, 6.07) is 20.2. The number of aliphatic hydroxyl groups excluding tert-OH is 1. The number of ether oxygens (including phenoxy) is 6. The Morgan fingerprint density at radius 3 is 2.09 bits per heavy atom. The third kappa shape index (κ3) is 7.64. The molecule has 0 radical (unpaired) electrons. The van der Waals surface area contributed by atoms with Crippen LogP contribution in [0.15, 0.2) is 93.0 Å². The molecule has 4 aromatic carbocycles. The van der Waals surface area contributed by atoms with E-state index in [1.54, 1.807) is 36.4 Å². The van der Waals surface area contributed by atoms with Crippen LogP contribution in [0.4, 0.5) is 13.2 Å². The number of aromatic nitrogens is 1. The molecule has 2 heterocycles. The minimum absolute atomic E-state index is 0.0261. The second-order valence-corrected chi connectivity index (χ2v) is 12.6. The molecule has 6 rings (SSSR count). The van der Waals surface area contributed by atoms with Gasteiger partial charge in [0.25, 0.3) is 0 Å². The van der Waals surface area contributed by atoms with E-state index in [4.69, 9.17) is 32.8 Å². The molecule has 6 aromatic rings. The number of fused-ring (bicyclic) bond motifs is 2. The Bertz CT molecular complexity index is 2300. The normalized spacial score (nSPS) is 12.1. The van der Waals surface area contributed by atoms with Gasteiger partial charge in [-0.1, -0.05) is 30.3 Å². The number of aliphatic hydroxyl groups is 1. The molecule has 276 valence electrons. The van der Waals surface area contributed by atoms with Crippen molar-refractivity contribution in [3.8, 4) is 57.1 Å². The Kier molecular flexibility index (Phi) is 10.9. The minimum atomic E-state index is -4.46. The predicted molar refractivity (Wildman–Crippen MR) is 195 cm³/mol. The van der Waals surface area contributed by atoms with Crippen molar-refractivity contribution >= 4 is 33.6 Å². The second-order valence-electron chi connectivity index (χ2n) is 11.6. The molecular formula is C39H34F3NO9S. The summed E-state index contributed by atoms with van der Waals surface area (Å²) in [7, 11) is 7.26. The molecule has 0 bridgehead atoms. The number of hydrogen-bond donors (Lipinski definition) is 1. The van der Waals surface area contributed by atoms with E-state index in [2.05, 4.69) is 4.98 Å². The Morgan fingerprint density at radius 2 is 1.47 bits per heavy atom. The van der Waals surface area contributed by atoms with Gasteiger partial charge in [-0.25, -0.2) is 4.98 Å². The van der Waals surface area contributed by atoms with Crippen molar-refractivity contribution in [2.75, 3.05) is 47.9 Å². The van der Waals surface area contributed by atoms with E-state index in [-0.39, 0.29) is 40.6 Å². The first kappa shape index (κ1) is 37.2. The van der Waals surface area contributed by atoms with Crippen LogP contribution in [-0.2, 0) is 6.18 Å². The maximum Gasteiger partial charge on any atom is 0.416 e. The van der Waals surface area contributed by atoms with Gasteiger partial charge in [-0.2, -0.15) is 13.2 Å². The molecule has 0 saturated heterocycles. The number of alkyl halides is 3. The van der Waals surface area contributed by atoms with E-state index in [0.29, 0.717) is 45.3 Å². The highest BCUT2D eigenvalue weighted by atomic mass is 32.2. The summed E-state index contributed by atoms with van der Waals surface area (Å²) in [5, 5.41) is 12.1. The Hall–Kier alpha value is -5.60. The third-order valence-corrected chi connectivity index (χ3v) is 9.51. The minimum Gasteiger partial charge on any atom is -0.496 e. The van der Waals surface area contributed by atoms with Gasteiger partial charge in [0, 0.05) is 39.3 Å². The lowest BCUT2D eigenvalue weighted by Gasteiger charge is -2.18. The monoisotopic (exact) mass is 749 g/mol. The second kappa shape index (κ2) is 15.6. The van der Waals surface area contributed by atoms with Crippen molar-refractivity contribution in [3.05, 3.63) is 94.6 Å². The summed E-state index contributed by atoms with van der Waals surface area (Å²) in [4.78, 5) is 19.6. The molecule has 0 aliphatic rings. The topological polar surface area (TPSA) is 119 Å². The maximum atomic E-state index is 14.2. The lowest BCUT2D eigenvalue weighted by atomic mass is 10.1. The first-order valence-corrected chi connectivity index (χ1v) is 17.0. The molecule has 0 fully saturated rings. The van der Waals surface area contributed by atoms with Crippen LogP contribution in [0.3, 0.4) is 0 Å². The first-order valence-electron chi connectivity index (χ1n) is 16.0. The number of thioether (sulfide) groups is 1. The molecule has 0 saturated carbocycles. The largest absolute Gasteiger partial charge is 0.496 e. The molecule has 53 heavy (non-hydrogen) atoms. The van der Waals surface area contributed by atoms with E-state index in [9.17, 15) is 23.1 Å². The van der Waals surface area contributed by atoms with E-state index in [1.165, 1.54) is 59.4 Å². The lowest BCUT2D eigenvalue weighted by Crippen LogP contribution is -2.23. The van der Waals surface area contributed by atoms with Crippen LogP contribution in [0.2, 0.25) is 0 Å². The molecule has 14 heteroatoms. The zero-order chi connectivity index (χ0) is 37.9. The van der Waals surface area contributed by atoms with Gasteiger partial charge in [0.1, 0.15) is 29.1 Å². The summed E-state index contributed by atoms with van der Waals surface area (Å²) in [6.07, 6.45) is -5.56. The van der Waals surface area contributed by atoms with E-state index in [1.807, 2.05) is 18.2 Å². The summed E-state index contributed by atoms with van der Waals surface area (Å²) in [5.74, 6) is 1.46. The highest BCUT2D eigenvalue weighted by molar-refractivity contribution is 7.99. The highest BCUT2D eigenvalue weighted by Gasteiger charge is 2.30. The van der Waals surface area contributed by atoms with Crippen molar-refractivity contribution < 1.29 is 51.1 Å². The Morgan fingerprint density at radius 1 is 0.792 bits per heavy atom. The van der Waals surface area contributed by atoms with Gasteiger partial charge in [-0.15, -0.1) is 11.8 Å². The van der Waals surface area contributed by atoms with Gasteiger partial charge in [0.2, 0.25) is 16.9 Å². The molecule has 1 atom stereocenters. The van der Waals surface area contributed by atoms with Gasteiger partial charge < -0.3 is 37.9 Å². The van der Waals surface area contributed by atoms with Crippen molar-refractivity contribution in [3.63, 3.8) is 0 Å². The van der Waals surface area contributed by atoms with E-state index >= 15 is 0 Å². The molecule has 1 unspecified atom stereocenters. The maximum absolute atomic E-state index is 14.2. The smallest absolute Gasteiger partial charge is 0.416 e. The quantitative estimate of drug-likeness (QED) is 0.115. The number of halogens is 3. The molecular weight excluding hydrogens is 715 g/mol. The van der Waals surface area contributed by atoms with Crippen LogP contribution in [0.25, 0.3) is 44.5 Å². The van der Waals surface area contributed by atoms with Crippen molar-refractivity contribution in [1.29, 1.82) is 0 Å². The fraction of sp³-hybridized carbons (Fsp3) is 0.231. The van der Waals surface area contributed by atoms with Gasteiger partial charge in [0.05, 0.1) is 58.4 Å². The fourth-order valence-electron chi connectivity index (χ4n) is 5.71. The van der Waals surface area contributed by atoms with Crippen LogP contribution >= 0.6 is 11.8 Å². The summed E-state index contributed by atoms with van der Waals surface area (Å²) >= 11 is 1.31. The number of rotatable bonds is 13. The van der Waals surface area contributed by atoms with Gasteiger partial charge in [0.15, 0.2) is 17.3 Å².